The molecule has 2 N–H and O–H groups in total. The number of imidazole rings is 1. The van der Waals surface area contributed by atoms with Gasteiger partial charge in [-0.3, -0.25) is 14.3 Å². The summed E-state index contributed by atoms with van der Waals surface area (Å²) in [5.41, 5.74) is 9.68. The molecule has 0 bridgehead atoms. The number of nitrogens with zero attached hydrogens (tertiary/aromatic N) is 10. The third-order valence-electron chi connectivity index (χ3n) is 8.65. The lowest BCUT2D eigenvalue weighted by Crippen LogP contribution is -2.56. The molecule has 0 spiro atoms. The molecule has 14 nitrogen and oxygen atoms in total. The first kappa shape index (κ1) is 30.0. The van der Waals surface area contributed by atoms with Crippen molar-refractivity contribution >= 4 is 34.4 Å². The van der Waals surface area contributed by atoms with Crippen LogP contribution < -0.4 is 15.4 Å². The van der Waals surface area contributed by atoms with E-state index < -0.39 is 5.54 Å². The Labute approximate surface area is 270 Å². The van der Waals surface area contributed by atoms with Gasteiger partial charge in [-0.15, -0.1) is 5.10 Å². The molecule has 1 fully saturated rings. The molecule has 1 atom stereocenters. The maximum Gasteiger partial charge on any atom is 0.253 e. The number of benzene rings is 2. The molecule has 1 saturated heterocycles. The number of nitrogen functional groups attached to an aromatic ring is 1. The summed E-state index contributed by atoms with van der Waals surface area (Å²) in [6.45, 7) is 7.23. The summed E-state index contributed by atoms with van der Waals surface area (Å²) in [7, 11) is 1.65. The van der Waals surface area contributed by atoms with E-state index in [2.05, 4.69) is 20.0 Å². The number of amides is 1. The summed E-state index contributed by atoms with van der Waals surface area (Å²) in [5, 5.41) is 4.56. The van der Waals surface area contributed by atoms with E-state index in [9.17, 15) is 4.79 Å². The first-order chi connectivity index (χ1) is 22.9. The van der Waals surface area contributed by atoms with Gasteiger partial charge in [0.25, 0.3) is 5.91 Å². The van der Waals surface area contributed by atoms with Crippen molar-refractivity contribution < 1.29 is 14.3 Å². The minimum absolute atomic E-state index is 0.0675. The van der Waals surface area contributed by atoms with E-state index in [1.165, 1.54) is 4.52 Å². The number of piperazine rings is 1. The molecule has 2 aromatic carbocycles. The van der Waals surface area contributed by atoms with E-state index in [0.717, 1.165) is 17.0 Å². The molecule has 1 unspecified atom stereocenters. The standard InChI is InChI=1S/C33H35N11O3/c1-22-26(36-14-13-35-22)28-38-30-27-29(39-32(34)44(30)40-28)43(21-37-27)33(2,23-7-5-4-6-8-23)31(45)42-17-15-41(16-18-42)24-9-11-25(12-10-24)47-20-19-46-3/h4-14,21H,15-20H2,1-3H3,(H2,34,39). The van der Waals surface area contributed by atoms with E-state index in [-0.39, 0.29) is 11.9 Å². The fourth-order valence-electron chi connectivity index (χ4n) is 6.04. The number of fused-ring (bicyclic) bond motifs is 3. The molecule has 5 heterocycles. The SMILES string of the molecule is COCCOc1ccc(N2CCN(C(=O)C(C)(c3ccccc3)n3cnc4c3nc(N)n3nc(-c5nccnc5C)nc43)CC2)cc1. The summed E-state index contributed by atoms with van der Waals surface area (Å²) in [4.78, 5) is 41.7. The average Bonchev–Trinajstić information content (AvgIpc) is 3.74. The molecule has 1 aliphatic heterocycles. The number of nitrogens with two attached hydrogens (primary N) is 1. The predicted octanol–water partition coefficient (Wildman–Crippen LogP) is 2.96. The Balaban J connectivity index is 1.20. The first-order valence-corrected chi connectivity index (χ1v) is 15.4. The number of methoxy groups -OCH3 is 1. The van der Waals surface area contributed by atoms with Crippen LogP contribution in [0.2, 0.25) is 0 Å². The van der Waals surface area contributed by atoms with Gasteiger partial charge < -0.3 is 25.0 Å². The number of hydrogen-bond acceptors (Lipinski definition) is 11. The lowest BCUT2D eigenvalue weighted by Gasteiger charge is -2.41. The van der Waals surface area contributed by atoms with Crippen LogP contribution in [0.5, 0.6) is 5.75 Å². The largest absolute Gasteiger partial charge is 0.491 e. The second-order valence-electron chi connectivity index (χ2n) is 11.5. The van der Waals surface area contributed by atoms with Gasteiger partial charge in [0.15, 0.2) is 16.8 Å². The highest BCUT2D eigenvalue weighted by atomic mass is 16.5. The second-order valence-corrected chi connectivity index (χ2v) is 11.5. The van der Waals surface area contributed by atoms with Crippen molar-refractivity contribution in [2.75, 3.05) is 57.1 Å². The van der Waals surface area contributed by atoms with Crippen molar-refractivity contribution in [3.05, 3.63) is 84.6 Å². The molecule has 0 aliphatic carbocycles. The monoisotopic (exact) mass is 633 g/mol. The van der Waals surface area contributed by atoms with Crippen molar-refractivity contribution in [2.45, 2.75) is 19.4 Å². The molecule has 1 aliphatic rings. The van der Waals surface area contributed by atoms with Crippen LogP contribution in [0.15, 0.2) is 73.3 Å². The maximum atomic E-state index is 14.7. The number of carbonyl (C=O) groups is 1. The summed E-state index contributed by atoms with van der Waals surface area (Å²) in [6.07, 6.45) is 4.84. The Morgan fingerprint density at radius 3 is 2.38 bits per heavy atom. The highest BCUT2D eigenvalue weighted by molar-refractivity contribution is 5.93. The van der Waals surface area contributed by atoms with Gasteiger partial charge in [0.1, 0.15) is 23.6 Å². The zero-order chi connectivity index (χ0) is 32.5. The normalized spacial score (nSPS) is 14.9. The average molecular weight is 634 g/mol. The Bertz CT molecular complexity index is 2040. The van der Waals surface area contributed by atoms with Gasteiger partial charge >= 0.3 is 0 Å². The Morgan fingerprint density at radius 1 is 0.915 bits per heavy atom. The number of hydrogen-bond donors (Lipinski definition) is 1. The highest BCUT2D eigenvalue weighted by Crippen LogP contribution is 2.34. The van der Waals surface area contributed by atoms with Gasteiger partial charge in [-0.2, -0.15) is 9.50 Å². The topological polar surface area (TPSA) is 155 Å². The zero-order valence-electron chi connectivity index (χ0n) is 26.4. The molecule has 1 amide bonds. The van der Waals surface area contributed by atoms with Crippen molar-refractivity contribution in [1.29, 1.82) is 0 Å². The van der Waals surface area contributed by atoms with Crippen molar-refractivity contribution in [3.63, 3.8) is 0 Å². The molecule has 6 aromatic rings. The van der Waals surface area contributed by atoms with Crippen LogP contribution in [0.3, 0.4) is 0 Å². The van der Waals surface area contributed by atoms with Gasteiger partial charge in [0, 0.05) is 51.4 Å². The van der Waals surface area contributed by atoms with E-state index >= 15 is 0 Å². The van der Waals surface area contributed by atoms with Gasteiger partial charge in [0.2, 0.25) is 11.8 Å². The molecule has 0 radical (unpaired) electrons. The van der Waals surface area contributed by atoms with Crippen molar-refractivity contribution in [3.8, 4) is 17.3 Å². The Morgan fingerprint density at radius 2 is 1.66 bits per heavy atom. The maximum absolute atomic E-state index is 14.7. The fraction of sp³-hybridized carbons (Fsp3) is 0.303. The van der Waals surface area contributed by atoms with Gasteiger partial charge in [-0.1, -0.05) is 30.3 Å². The van der Waals surface area contributed by atoms with Crippen molar-refractivity contribution in [1.82, 2.24) is 44.0 Å². The highest BCUT2D eigenvalue weighted by Gasteiger charge is 2.42. The lowest BCUT2D eigenvalue weighted by atomic mass is 9.89. The lowest BCUT2D eigenvalue weighted by molar-refractivity contribution is -0.138. The second kappa shape index (κ2) is 12.3. The van der Waals surface area contributed by atoms with Crippen LogP contribution in [-0.2, 0) is 15.1 Å². The van der Waals surface area contributed by atoms with Crippen LogP contribution in [-0.4, -0.2) is 96.4 Å². The third kappa shape index (κ3) is 5.35. The smallest absolute Gasteiger partial charge is 0.253 e. The van der Waals surface area contributed by atoms with Gasteiger partial charge in [0.05, 0.1) is 18.6 Å². The summed E-state index contributed by atoms with van der Waals surface area (Å²) in [5.74, 6) is 1.20. The molecular formula is C33H35N11O3. The molecule has 7 rings (SSSR count). The van der Waals surface area contributed by atoms with Crippen LogP contribution in [0.4, 0.5) is 11.6 Å². The number of aromatic nitrogens is 8. The fourth-order valence-corrected chi connectivity index (χ4v) is 6.04. The summed E-state index contributed by atoms with van der Waals surface area (Å²) >= 11 is 0. The Hall–Kier alpha value is -5.63. The molecule has 14 heteroatoms. The Kier molecular flexibility index (Phi) is 7.85. The number of ether oxygens (including phenoxy) is 2. The van der Waals surface area contributed by atoms with Crippen LogP contribution in [0.25, 0.3) is 28.3 Å². The number of rotatable bonds is 9. The van der Waals surface area contributed by atoms with E-state index in [1.54, 1.807) is 30.4 Å². The molecule has 240 valence electrons. The minimum Gasteiger partial charge on any atom is -0.491 e. The number of carbonyl (C=O) groups excluding carboxylic acids is 1. The zero-order valence-corrected chi connectivity index (χ0v) is 26.4. The molecule has 47 heavy (non-hydrogen) atoms. The molecule has 0 saturated carbocycles. The third-order valence-corrected chi connectivity index (χ3v) is 8.65. The van der Waals surface area contributed by atoms with Crippen molar-refractivity contribution in [2.24, 2.45) is 0 Å². The summed E-state index contributed by atoms with van der Waals surface area (Å²) in [6, 6.07) is 17.7. The van der Waals surface area contributed by atoms with Crippen LogP contribution in [0, 0.1) is 6.92 Å². The van der Waals surface area contributed by atoms with Gasteiger partial charge in [-0.25, -0.2) is 15.0 Å². The quantitative estimate of drug-likeness (QED) is 0.234. The summed E-state index contributed by atoms with van der Waals surface area (Å²) < 4.78 is 14.0. The first-order valence-electron chi connectivity index (χ1n) is 15.4. The predicted molar refractivity (Wildman–Crippen MR) is 176 cm³/mol. The van der Waals surface area contributed by atoms with Crippen LogP contribution >= 0.6 is 0 Å². The van der Waals surface area contributed by atoms with Gasteiger partial charge in [-0.05, 0) is 43.7 Å². The molecular weight excluding hydrogens is 598 g/mol. The van der Waals surface area contributed by atoms with Crippen LogP contribution in [0.1, 0.15) is 18.2 Å². The number of anilines is 2. The minimum atomic E-state index is -1.18. The molecule has 4 aromatic heterocycles. The number of aryl methyl sites for hydroxylation is 1. The van der Waals surface area contributed by atoms with E-state index in [4.69, 9.17) is 30.2 Å². The van der Waals surface area contributed by atoms with E-state index in [1.807, 2.05) is 73.3 Å². The van der Waals surface area contributed by atoms with E-state index in [0.29, 0.717) is 73.4 Å².